The molecular weight excluding hydrogens is 226 g/mol. The monoisotopic (exact) mass is 243 g/mol. The van der Waals surface area contributed by atoms with Crippen molar-refractivity contribution in [2.75, 3.05) is 5.73 Å². The quantitative estimate of drug-likeness (QED) is 0.762. The number of nitrogens with two attached hydrogens (primary N) is 2. The van der Waals surface area contributed by atoms with E-state index in [0.29, 0.717) is 5.69 Å². The summed E-state index contributed by atoms with van der Waals surface area (Å²) < 4.78 is 23.9. The molecule has 16 heavy (non-hydrogen) atoms. The lowest BCUT2D eigenvalue weighted by Gasteiger charge is -2.23. The van der Waals surface area contributed by atoms with Crippen molar-refractivity contribution in [1.29, 1.82) is 0 Å². The Balaban J connectivity index is 2.89. The second kappa shape index (κ2) is 4.82. The van der Waals surface area contributed by atoms with E-state index in [1.165, 1.54) is 4.31 Å². The van der Waals surface area contributed by atoms with Gasteiger partial charge in [-0.1, -0.05) is 12.1 Å². The Morgan fingerprint density at radius 1 is 1.25 bits per heavy atom. The van der Waals surface area contributed by atoms with Crippen molar-refractivity contribution in [3.63, 3.8) is 0 Å². The number of anilines is 1. The van der Waals surface area contributed by atoms with Crippen LogP contribution in [0.1, 0.15) is 19.4 Å². The van der Waals surface area contributed by atoms with Gasteiger partial charge in [-0.2, -0.15) is 12.7 Å². The molecule has 0 fully saturated rings. The minimum absolute atomic E-state index is 0.174. The van der Waals surface area contributed by atoms with E-state index in [-0.39, 0.29) is 12.6 Å². The summed E-state index contributed by atoms with van der Waals surface area (Å²) in [4.78, 5) is 0. The summed E-state index contributed by atoms with van der Waals surface area (Å²) in [7, 11) is -3.67. The number of nitrogen functional groups attached to an aromatic ring is 1. The van der Waals surface area contributed by atoms with E-state index in [9.17, 15) is 8.42 Å². The lowest BCUT2D eigenvalue weighted by molar-refractivity contribution is 0.348. The Morgan fingerprint density at radius 2 is 1.75 bits per heavy atom. The van der Waals surface area contributed by atoms with Crippen LogP contribution in [0, 0.1) is 0 Å². The van der Waals surface area contributed by atoms with Gasteiger partial charge in [0.25, 0.3) is 10.2 Å². The van der Waals surface area contributed by atoms with Crippen LogP contribution in [0.3, 0.4) is 0 Å². The molecule has 0 aliphatic carbocycles. The first kappa shape index (κ1) is 13.0. The lowest BCUT2D eigenvalue weighted by Crippen LogP contribution is -2.40. The van der Waals surface area contributed by atoms with Crippen LogP contribution >= 0.6 is 0 Å². The SMILES string of the molecule is CC(C)N(Cc1ccc(N)cc1)S(N)(=O)=O. The van der Waals surface area contributed by atoms with Gasteiger partial charge < -0.3 is 5.73 Å². The van der Waals surface area contributed by atoms with E-state index >= 15 is 0 Å². The first-order valence-corrected chi connectivity index (χ1v) is 6.45. The fraction of sp³-hybridized carbons (Fsp3) is 0.400. The van der Waals surface area contributed by atoms with Crippen LogP contribution in [0.5, 0.6) is 0 Å². The molecule has 0 unspecified atom stereocenters. The highest BCUT2D eigenvalue weighted by atomic mass is 32.2. The van der Waals surface area contributed by atoms with Crippen LogP contribution in [0.25, 0.3) is 0 Å². The zero-order valence-electron chi connectivity index (χ0n) is 9.42. The molecule has 0 bridgehead atoms. The maximum absolute atomic E-state index is 11.3. The average molecular weight is 243 g/mol. The van der Waals surface area contributed by atoms with E-state index < -0.39 is 10.2 Å². The highest BCUT2D eigenvalue weighted by Gasteiger charge is 2.20. The van der Waals surface area contributed by atoms with Crippen molar-refractivity contribution >= 4 is 15.9 Å². The molecule has 0 spiro atoms. The van der Waals surface area contributed by atoms with Gasteiger partial charge in [-0.25, -0.2) is 5.14 Å². The summed E-state index contributed by atoms with van der Waals surface area (Å²) in [6.07, 6.45) is 0. The molecule has 0 amide bonds. The van der Waals surface area contributed by atoms with Crippen molar-refractivity contribution in [2.45, 2.75) is 26.4 Å². The lowest BCUT2D eigenvalue weighted by atomic mass is 10.2. The number of rotatable bonds is 4. The van der Waals surface area contributed by atoms with E-state index in [1.807, 2.05) is 0 Å². The third-order valence-corrected chi connectivity index (χ3v) is 3.43. The fourth-order valence-electron chi connectivity index (χ4n) is 1.37. The predicted octanol–water partition coefficient (Wildman–Crippen LogP) is 0.683. The van der Waals surface area contributed by atoms with Gasteiger partial charge >= 0.3 is 0 Å². The third-order valence-electron chi connectivity index (χ3n) is 2.22. The smallest absolute Gasteiger partial charge is 0.277 e. The minimum atomic E-state index is -3.67. The van der Waals surface area contributed by atoms with Crippen molar-refractivity contribution < 1.29 is 8.42 Å². The van der Waals surface area contributed by atoms with Gasteiger partial charge in [-0.15, -0.1) is 0 Å². The molecule has 0 aromatic heterocycles. The second-order valence-electron chi connectivity index (χ2n) is 3.93. The largest absolute Gasteiger partial charge is 0.399 e. The Hall–Kier alpha value is -1.11. The topological polar surface area (TPSA) is 89.4 Å². The van der Waals surface area contributed by atoms with Gasteiger partial charge in [0.05, 0.1) is 0 Å². The molecule has 0 saturated carbocycles. The molecule has 90 valence electrons. The zero-order valence-corrected chi connectivity index (χ0v) is 10.2. The van der Waals surface area contributed by atoms with Gasteiger partial charge in [0.2, 0.25) is 0 Å². The van der Waals surface area contributed by atoms with Crippen LogP contribution < -0.4 is 10.9 Å². The van der Waals surface area contributed by atoms with E-state index in [1.54, 1.807) is 38.1 Å². The molecule has 0 heterocycles. The molecule has 0 saturated heterocycles. The standard InChI is InChI=1S/C10H17N3O2S/c1-8(2)13(16(12,14)15)7-9-3-5-10(11)6-4-9/h3-6,8H,7,11H2,1-2H3,(H2,12,14,15). The van der Waals surface area contributed by atoms with Gasteiger partial charge in [0, 0.05) is 18.3 Å². The van der Waals surface area contributed by atoms with E-state index in [4.69, 9.17) is 10.9 Å². The van der Waals surface area contributed by atoms with Crippen LogP contribution in [0.2, 0.25) is 0 Å². The number of hydrogen-bond donors (Lipinski definition) is 2. The van der Waals surface area contributed by atoms with Crippen molar-refractivity contribution in [3.05, 3.63) is 29.8 Å². The average Bonchev–Trinajstić information content (AvgIpc) is 2.14. The highest BCUT2D eigenvalue weighted by Crippen LogP contribution is 2.12. The molecule has 0 radical (unpaired) electrons. The molecule has 0 aliphatic heterocycles. The van der Waals surface area contributed by atoms with Crippen molar-refractivity contribution in [1.82, 2.24) is 4.31 Å². The molecule has 0 atom stereocenters. The highest BCUT2D eigenvalue weighted by molar-refractivity contribution is 7.86. The minimum Gasteiger partial charge on any atom is -0.399 e. The zero-order chi connectivity index (χ0) is 12.3. The molecule has 5 nitrogen and oxygen atoms in total. The number of nitrogens with zero attached hydrogens (tertiary/aromatic N) is 1. The molecule has 6 heteroatoms. The Labute approximate surface area is 96.2 Å². The van der Waals surface area contributed by atoms with Crippen molar-refractivity contribution in [3.8, 4) is 0 Å². The first-order valence-electron chi connectivity index (χ1n) is 4.94. The molecule has 1 rings (SSSR count). The van der Waals surface area contributed by atoms with E-state index in [0.717, 1.165) is 5.56 Å². The summed E-state index contributed by atoms with van der Waals surface area (Å²) in [5.41, 5.74) is 7.05. The molecule has 1 aromatic carbocycles. The Kier molecular flexibility index (Phi) is 3.90. The third kappa shape index (κ3) is 3.48. The van der Waals surface area contributed by atoms with Gasteiger partial charge in [0.15, 0.2) is 0 Å². The normalized spacial score (nSPS) is 12.3. The Bertz CT molecular complexity index is 440. The van der Waals surface area contributed by atoms with Gasteiger partial charge in [-0.05, 0) is 31.5 Å². The summed E-state index contributed by atoms with van der Waals surface area (Å²) in [6.45, 7) is 3.82. The maximum atomic E-state index is 11.3. The summed E-state index contributed by atoms with van der Waals surface area (Å²) in [6, 6.07) is 6.87. The fourth-order valence-corrected chi connectivity index (χ4v) is 2.29. The van der Waals surface area contributed by atoms with Crippen LogP contribution in [0.4, 0.5) is 5.69 Å². The van der Waals surface area contributed by atoms with Crippen molar-refractivity contribution in [2.24, 2.45) is 5.14 Å². The van der Waals surface area contributed by atoms with Crippen LogP contribution in [-0.4, -0.2) is 18.8 Å². The maximum Gasteiger partial charge on any atom is 0.277 e. The molecule has 1 aromatic rings. The summed E-state index contributed by atoms with van der Waals surface area (Å²) in [5, 5.41) is 5.13. The van der Waals surface area contributed by atoms with Gasteiger partial charge in [-0.3, -0.25) is 0 Å². The summed E-state index contributed by atoms with van der Waals surface area (Å²) >= 11 is 0. The van der Waals surface area contributed by atoms with E-state index in [2.05, 4.69) is 0 Å². The molecule has 4 N–H and O–H groups in total. The molecule has 0 aliphatic rings. The van der Waals surface area contributed by atoms with Gasteiger partial charge in [0.1, 0.15) is 0 Å². The first-order chi connectivity index (χ1) is 7.30. The summed E-state index contributed by atoms with van der Waals surface area (Å²) in [5.74, 6) is 0. The van der Waals surface area contributed by atoms with Crippen LogP contribution in [-0.2, 0) is 16.8 Å². The number of hydrogen-bond acceptors (Lipinski definition) is 3. The Morgan fingerprint density at radius 3 is 2.12 bits per heavy atom. The number of benzene rings is 1. The molecular formula is C10H17N3O2S. The second-order valence-corrected chi connectivity index (χ2v) is 5.42. The van der Waals surface area contributed by atoms with Crippen LogP contribution in [0.15, 0.2) is 24.3 Å². The predicted molar refractivity (Wildman–Crippen MR) is 64.6 cm³/mol.